The van der Waals surface area contributed by atoms with Crippen molar-refractivity contribution in [1.82, 2.24) is 15.3 Å². The van der Waals surface area contributed by atoms with Crippen LogP contribution < -0.4 is 20.4 Å². The van der Waals surface area contributed by atoms with Gasteiger partial charge in [0, 0.05) is 42.8 Å². The molecule has 178 valence electrons. The summed E-state index contributed by atoms with van der Waals surface area (Å²) in [6.07, 6.45) is 6.09. The van der Waals surface area contributed by atoms with Gasteiger partial charge in [-0.2, -0.15) is 9.97 Å². The van der Waals surface area contributed by atoms with E-state index in [-0.39, 0.29) is 0 Å². The van der Waals surface area contributed by atoms with E-state index in [1.165, 1.54) is 32.1 Å². The average molecular weight is 497 g/mol. The Labute approximate surface area is 210 Å². The van der Waals surface area contributed by atoms with Crippen molar-refractivity contribution in [2.75, 3.05) is 41.3 Å². The van der Waals surface area contributed by atoms with Crippen molar-refractivity contribution < 1.29 is 4.42 Å². The van der Waals surface area contributed by atoms with Gasteiger partial charge in [0.15, 0.2) is 5.11 Å². The summed E-state index contributed by atoms with van der Waals surface area (Å²) in [6, 6.07) is 13.6. The van der Waals surface area contributed by atoms with Crippen LogP contribution in [0.1, 0.15) is 37.9 Å². The molecular formula is C25H29ClN6OS. The highest BCUT2D eigenvalue weighted by Crippen LogP contribution is 2.27. The number of thiocarbonyl (C=S) groups is 1. The lowest BCUT2D eigenvalue weighted by molar-refractivity contribution is 0.516. The molecule has 34 heavy (non-hydrogen) atoms. The highest BCUT2D eigenvalue weighted by molar-refractivity contribution is 7.80. The van der Waals surface area contributed by atoms with Crippen molar-refractivity contribution >= 4 is 46.5 Å². The van der Waals surface area contributed by atoms with Crippen molar-refractivity contribution in [2.24, 2.45) is 0 Å². The zero-order valence-corrected chi connectivity index (χ0v) is 20.7. The summed E-state index contributed by atoms with van der Waals surface area (Å²) in [7, 11) is 0. The molecule has 7 nitrogen and oxygen atoms in total. The first-order chi connectivity index (χ1) is 16.6. The van der Waals surface area contributed by atoms with Crippen molar-refractivity contribution in [3.05, 3.63) is 53.2 Å². The topological polar surface area (TPSA) is 69.5 Å². The first-order valence-electron chi connectivity index (χ1n) is 11.9. The van der Waals surface area contributed by atoms with Crippen molar-refractivity contribution in [3.63, 3.8) is 0 Å². The van der Waals surface area contributed by atoms with E-state index >= 15 is 0 Å². The van der Waals surface area contributed by atoms with Gasteiger partial charge in [0.1, 0.15) is 23.2 Å². The second-order valence-electron chi connectivity index (χ2n) is 8.73. The summed E-state index contributed by atoms with van der Waals surface area (Å²) >= 11 is 11.5. The minimum atomic E-state index is 0.463. The SMILES string of the molecule is S=C(NCc1ccc(-c2ccc(Cl)cc2)o1)Nc1nc(N2CCCCC2)cc(N2CCCC2)n1. The molecule has 0 amide bonds. The molecule has 2 N–H and O–H groups in total. The molecule has 2 aliphatic heterocycles. The fourth-order valence-electron chi connectivity index (χ4n) is 4.43. The molecule has 0 spiro atoms. The lowest BCUT2D eigenvalue weighted by Gasteiger charge is -2.29. The van der Waals surface area contributed by atoms with Gasteiger partial charge in [0.25, 0.3) is 0 Å². The third-order valence-electron chi connectivity index (χ3n) is 6.25. The van der Waals surface area contributed by atoms with Gasteiger partial charge >= 0.3 is 0 Å². The first kappa shape index (κ1) is 22.9. The Morgan fingerprint density at radius 2 is 1.50 bits per heavy atom. The molecule has 2 saturated heterocycles. The van der Waals surface area contributed by atoms with Crippen LogP contribution in [0.5, 0.6) is 0 Å². The maximum absolute atomic E-state index is 5.98. The van der Waals surface area contributed by atoms with Crippen LogP contribution in [0.15, 0.2) is 46.9 Å². The largest absolute Gasteiger partial charge is 0.459 e. The smallest absolute Gasteiger partial charge is 0.232 e. The summed E-state index contributed by atoms with van der Waals surface area (Å²) in [4.78, 5) is 14.2. The number of piperidine rings is 1. The molecule has 0 unspecified atom stereocenters. The fourth-order valence-corrected chi connectivity index (χ4v) is 4.72. The molecule has 1 aromatic carbocycles. The second kappa shape index (κ2) is 10.6. The van der Waals surface area contributed by atoms with Crippen LogP contribution in [0.2, 0.25) is 5.02 Å². The molecule has 0 radical (unpaired) electrons. The highest BCUT2D eigenvalue weighted by Gasteiger charge is 2.20. The molecule has 3 aromatic rings. The van der Waals surface area contributed by atoms with Crippen LogP contribution in [-0.2, 0) is 6.54 Å². The molecule has 2 fully saturated rings. The number of hydrogen-bond acceptors (Lipinski definition) is 6. The number of anilines is 3. The van der Waals surface area contributed by atoms with Gasteiger partial charge in [-0.15, -0.1) is 0 Å². The predicted molar refractivity (Wildman–Crippen MR) is 142 cm³/mol. The molecule has 0 aliphatic carbocycles. The van der Waals surface area contributed by atoms with E-state index in [1.54, 1.807) is 0 Å². The van der Waals surface area contributed by atoms with E-state index in [1.807, 2.05) is 36.4 Å². The zero-order chi connectivity index (χ0) is 23.3. The Bertz CT molecular complexity index is 1120. The maximum atomic E-state index is 5.98. The molecule has 4 heterocycles. The van der Waals surface area contributed by atoms with Gasteiger partial charge in [-0.3, -0.25) is 0 Å². The number of rotatable bonds is 6. The predicted octanol–water partition coefficient (Wildman–Crippen LogP) is 5.47. The summed E-state index contributed by atoms with van der Waals surface area (Å²) in [5, 5.41) is 7.56. The number of hydrogen-bond donors (Lipinski definition) is 2. The van der Waals surface area contributed by atoms with Crippen molar-refractivity contribution in [2.45, 2.75) is 38.6 Å². The zero-order valence-electron chi connectivity index (χ0n) is 19.1. The molecular weight excluding hydrogens is 468 g/mol. The molecule has 0 atom stereocenters. The van der Waals surface area contributed by atoms with Crippen LogP contribution in [0.3, 0.4) is 0 Å². The van der Waals surface area contributed by atoms with E-state index in [9.17, 15) is 0 Å². The first-order valence-corrected chi connectivity index (χ1v) is 12.7. The lowest BCUT2D eigenvalue weighted by atomic mass is 10.1. The van der Waals surface area contributed by atoms with Gasteiger partial charge in [0.05, 0.1) is 6.54 Å². The van der Waals surface area contributed by atoms with Gasteiger partial charge in [-0.1, -0.05) is 11.6 Å². The molecule has 0 saturated carbocycles. The Morgan fingerprint density at radius 1 is 0.882 bits per heavy atom. The van der Waals surface area contributed by atoms with Crippen LogP contribution >= 0.6 is 23.8 Å². The number of furan rings is 1. The minimum absolute atomic E-state index is 0.463. The lowest BCUT2D eigenvalue weighted by Crippen LogP contribution is -2.32. The standard InChI is InChI=1S/C25H29ClN6OS/c26-19-8-6-18(7-9-19)21-11-10-20(33-21)17-27-25(34)30-24-28-22(31-12-2-1-3-13-31)16-23(29-24)32-14-4-5-15-32/h6-11,16H,1-5,12-15,17H2,(H2,27,28,29,30,34). The Balaban J connectivity index is 1.24. The Morgan fingerprint density at radius 3 is 2.15 bits per heavy atom. The third kappa shape index (κ3) is 5.62. The molecule has 9 heteroatoms. The van der Waals surface area contributed by atoms with Crippen molar-refractivity contribution in [1.29, 1.82) is 0 Å². The summed E-state index contributed by atoms with van der Waals surface area (Å²) in [5.74, 6) is 4.05. The summed E-state index contributed by atoms with van der Waals surface area (Å²) in [5.41, 5.74) is 0.980. The van der Waals surface area contributed by atoms with Crippen molar-refractivity contribution in [3.8, 4) is 11.3 Å². The van der Waals surface area contributed by atoms with E-state index in [0.717, 1.165) is 54.9 Å². The Kier molecular flexibility index (Phi) is 7.16. The van der Waals surface area contributed by atoms with E-state index < -0.39 is 0 Å². The van der Waals surface area contributed by atoms with Gasteiger partial charge in [-0.05, 0) is 80.7 Å². The number of aromatic nitrogens is 2. The average Bonchev–Trinajstić information content (AvgIpc) is 3.56. The minimum Gasteiger partial charge on any atom is -0.459 e. The quantitative estimate of drug-likeness (QED) is 0.435. The normalized spacial score (nSPS) is 16.0. The maximum Gasteiger partial charge on any atom is 0.232 e. The molecule has 5 rings (SSSR count). The van der Waals surface area contributed by atoms with E-state index in [4.69, 9.17) is 38.2 Å². The molecule has 2 aliphatic rings. The third-order valence-corrected chi connectivity index (χ3v) is 6.75. The number of halogens is 1. The van der Waals surface area contributed by atoms with Crippen LogP contribution in [-0.4, -0.2) is 41.3 Å². The number of benzene rings is 1. The van der Waals surface area contributed by atoms with Gasteiger partial charge in [-0.25, -0.2) is 0 Å². The van der Waals surface area contributed by atoms with Gasteiger partial charge in [0.2, 0.25) is 5.95 Å². The molecule has 2 aromatic heterocycles. The van der Waals surface area contributed by atoms with Crippen LogP contribution in [0.25, 0.3) is 11.3 Å². The molecule has 0 bridgehead atoms. The monoisotopic (exact) mass is 496 g/mol. The van der Waals surface area contributed by atoms with Gasteiger partial charge < -0.3 is 24.9 Å². The summed E-state index contributed by atoms with van der Waals surface area (Å²) < 4.78 is 5.96. The highest BCUT2D eigenvalue weighted by atomic mass is 35.5. The van der Waals surface area contributed by atoms with Crippen LogP contribution in [0, 0.1) is 0 Å². The van der Waals surface area contributed by atoms with Crippen LogP contribution in [0.4, 0.5) is 17.6 Å². The fraction of sp³-hybridized carbons (Fsp3) is 0.400. The Hall–Kier alpha value is -2.84. The summed E-state index contributed by atoms with van der Waals surface area (Å²) in [6.45, 7) is 4.60. The number of nitrogens with zero attached hydrogens (tertiary/aromatic N) is 4. The second-order valence-corrected chi connectivity index (χ2v) is 9.58. The number of nitrogens with one attached hydrogen (secondary N) is 2. The van der Waals surface area contributed by atoms with E-state index in [2.05, 4.69) is 26.5 Å². The van der Waals surface area contributed by atoms with E-state index in [0.29, 0.717) is 22.6 Å².